The van der Waals surface area contributed by atoms with Crippen LogP contribution in [0.1, 0.15) is 11.5 Å². The predicted molar refractivity (Wildman–Crippen MR) is 110 cm³/mol. The normalized spacial score (nSPS) is 14.1. The maximum Gasteiger partial charge on any atom is 0.236 e. The zero-order valence-electron chi connectivity index (χ0n) is 16.7. The molecule has 2 heterocycles. The van der Waals surface area contributed by atoms with Gasteiger partial charge in [-0.3, -0.25) is 4.79 Å². The number of benzene rings is 2. The summed E-state index contributed by atoms with van der Waals surface area (Å²) in [5.41, 5.74) is 3.27. The zero-order valence-corrected chi connectivity index (χ0v) is 16.7. The molecular weight excluding hydrogens is 368 g/mol. The first-order chi connectivity index (χ1) is 14.1. The number of hydrogen-bond donors (Lipinski definition) is 0. The summed E-state index contributed by atoms with van der Waals surface area (Å²) in [5.74, 6) is 1.58. The maximum absolute atomic E-state index is 12.7. The minimum Gasteiger partial charge on any atom is -0.497 e. The first kappa shape index (κ1) is 19.0. The standard InChI is InChI=1S/C22H24N4O3/c1-16-4-3-5-18(14-16)25-10-12-26(13-11-25)21(27)15-20-23-22(24-29-20)17-6-8-19(28-2)9-7-17/h3-9,14H,10-13,15H2,1-2H3. The molecule has 29 heavy (non-hydrogen) atoms. The smallest absolute Gasteiger partial charge is 0.236 e. The lowest BCUT2D eigenvalue weighted by molar-refractivity contribution is -0.131. The van der Waals surface area contributed by atoms with Crippen molar-refractivity contribution in [2.24, 2.45) is 0 Å². The van der Waals surface area contributed by atoms with Crippen LogP contribution in [0.5, 0.6) is 5.75 Å². The van der Waals surface area contributed by atoms with Crippen molar-refractivity contribution in [1.29, 1.82) is 0 Å². The summed E-state index contributed by atoms with van der Waals surface area (Å²) in [7, 11) is 1.62. The number of carbonyl (C=O) groups excluding carboxylic acids is 1. The van der Waals surface area contributed by atoms with Gasteiger partial charge in [-0.05, 0) is 48.9 Å². The number of hydrogen-bond acceptors (Lipinski definition) is 6. The van der Waals surface area contributed by atoms with Gasteiger partial charge in [0.15, 0.2) is 0 Å². The molecule has 1 aliphatic heterocycles. The van der Waals surface area contributed by atoms with Crippen LogP contribution in [0.2, 0.25) is 0 Å². The summed E-state index contributed by atoms with van der Waals surface area (Å²) >= 11 is 0. The summed E-state index contributed by atoms with van der Waals surface area (Å²) in [4.78, 5) is 21.2. The van der Waals surface area contributed by atoms with Gasteiger partial charge in [-0.25, -0.2) is 0 Å². The van der Waals surface area contributed by atoms with Crippen molar-refractivity contribution in [2.45, 2.75) is 13.3 Å². The number of aryl methyl sites for hydroxylation is 1. The van der Waals surface area contributed by atoms with E-state index in [9.17, 15) is 4.79 Å². The van der Waals surface area contributed by atoms with E-state index in [0.717, 1.165) is 24.4 Å². The molecule has 7 nitrogen and oxygen atoms in total. The Bertz CT molecular complexity index is 976. The second-order valence-electron chi connectivity index (χ2n) is 7.12. The van der Waals surface area contributed by atoms with E-state index in [0.29, 0.717) is 24.8 Å². The van der Waals surface area contributed by atoms with Crippen molar-refractivity contribution in [3.8, 4) is 17.1 Å². The zero-order chi connectivity index (χ0) is 20.2. The van der Waals surface area contributed by atoms with Crippen molar-refractivity contribution < 1.29 is 14.1 Å². The topological polar surface area (TPSA) is 71.7 Å². The molecule has 150 valence electrons. The van der Waals surface area contributed by atoms with Gasteiger partial charge in [0.05, 0.1) is 7.11 Å². The fourth-order valence-electron chi connectivity index (χ4n) is 3.46. The average Bonchev–Trinajstić information content (AvgIpc) is 3.22. The van der Waals surface area contributed by atoms with Crippen molar-refractivity contribution in [3.63, 3.8) is 0 Å². The third-order valence-corrected chi connectivity index (χ3v) is 5.12. The van der Waals surface area contributed by atoms with Crippen LogP contribution in [0, 0.1) is 6.92 Å². The number of anilines is 1. The lowest BCUT2D eigenvalue weighted by Crippen LogP contribution is -2.49. The highest BCUT2D eigenvalue weighted by Gasteiger charge is 2.23. The molecule has 0 unspecified atom stereocenters. The molecule has 0 saturated carbocycles. The number of amides is 1. The number of ether oxygens (including phenoxy) is 1. The van der Waals surface area contributed by atoms with E-state index < -0.39 is 0 Å². The fraction of sp³-hybridized carbons (Fsp3) is 0.318. The van der Waals surface area contributed by atoms with Crippen LogP contribution in [-0.4, -0.2) is 54.2 Å². The Labute approximate surface area is 169 Å². The van der Waals surface area contributed by atoms with Crippen LogP contribution in [-0.2, 0) is 11.2 Å². The average molecular weight is 392 g/mol. The van der Waals surface area contributed by atoms with Gasteiger partial charge < -0.3 is 19.1 Å². The quantitative estimate of drug-likeness (QED) is 0.665. The molecular formula is C22H24N4O3. The number of methoxy groups -OCH3 is 1. The Kier molecular flexibility index (Phi) is 5.46. The van der Waals surface area contributed by atoms with Crippen molar-refractivity contribution in [2.75, 3.05) is 38.2 Å². The highest BCUT2D eigenvalue weighted by molar-refractivity contribution is 5.78. The van der Waals surface area contributed by atoms with Gasteiger partial charge in [-0.15, -0.1) is 0 Å². The third-order valence-electron chi connectivity index (χ3n) is 5.12. The van der Waals surface area contributed by atoms with Crippen LogP contribution < -0.4 is 9.64 Å². The molecule has 0 atom stereocenters. The number of carbonyl (C=O) groups is 1. The lowest BCUT2D eigenvalue weighted by atomic mass is 10.2. The van der Waals surface area contributed by atoms with E-state index >= 15 is 0 Å². The first-order valence-electron chi connectivity index (χ1n) is 9.69. The van der Waals surface area contributed by atoms with Gasteiger partial charge in [-0.2, -0.15) is 4.98 Å². The van der Waals surface area contributed by atoms with Crippen LogP contribution >= 0.6 is 0 Å². The summed E-state index contributed by atoms with van der Waals surface area (Å²) in [6.07, 6.45) is 0.119. The SMILES string of the molecule is COc1ccc(-c2noc(CC(=O)N3CCN(c4cccc(C)c4)CC3)n2)cc1. The summed E-state index contributed by atoms with van der Waals surface area (Å²) in [5, 5.41) is 3.99. The van der Waals surface area contributed by atoms with Crippen LogP contribution in [0.4, 0.5) is 5.69 Å². The number of nitrogens with zero attached hydrogens (tertiary/aromatic N) is 4. The van der Waals surface area contributed by atoms with Gasteiger partial charge in [0, 0.05) is 37.4 Å². The van der Waals surface area contributed by atoms with Crippen molar-refractivity contribution in [3.05, 3.63) is 60.0 Å². The molecule has 1 aromatic heterocycles. The molecule has 1 amide bonds. The minimum absolute atomic E-state index is 0.0128. The Balaban J connectivity index is 1.34. The molecule has 1 aliphatic rings. The molecule has 1 saturated heterocycles. The largest absolute Gasteiger partial charge is 0.497 e. The molecule has 0 radical (unpaired) electrons. The molecule has 7 heteroatoms. The van der Waals surface area contributed by atoms with E-state index in [4.69, 9.17) is 9.26 Å². The van der Waals surface area contributed by atoms with Crippen LogP contribution in [0.25, 0.3) is 11.4 Å². The second kappa shape index (κ2) is 8.34. The summed E-state index contributed by atoms with van der Waals surface area (Å²) < 4.78 is 10.4. The van der Waals surface area contributed by atoms with Gasteiger partial charge >= 0.3 is 0 Å². The molecule has 3 aromatic rings. The molecule has 2 aromatic carbocycles. The van der Waals surface area contributed by atoms with E-state index in [2.05, 4.69) is 46.2 Å². The van der Waals surface area contributed by atoms with E-state index in [1.165, 1.54) is 11.3 Å². The Hall–Kier alpha value is -3.35. The van der Waals surface area contributed by atoms with Gasteiger partial charge in [0.25, 0.3) is 0 Å². The number of piperazine rings is 1. The first-order valence-corrected chi connectivity index (χ1v) is 9.69. The number of aromatic nitrogens is 2. The van der Waals surface area contributed by atoms with Crippen LogP contribution in [0.15, 0.2) is 53.1 Å². The summed E-state index contributed by atoms with van der Waals surface area (Å²) in [6, 6.07) is 15.8. The Morgan fingerprint density at radius 2 is 1.86 bits per heavy atom. The van der Waals surface area contributed by atoms with E-state index in [1.54, 1.807) is 7.11 Å². The predicted octanol–water partition coefficient (Wildman–Crippen LogP) is 2.94. The molecule has 0 N–H and O–H groups in total. The monoisotopic (exact) mass is 392 g/mol. The lowest BCUT2D eigenvalue weighted by Gasteiger charge is -2.36. The second-order valence-corrected chi connectivity index (χ2v) is 7.12. The fourth-order valence-corrected chi connectivity index (χ4v) is 3.46. The van der Waals surface area contributed by atoms with Crippen LogP contribution in [0.3, 0.4) is 0 Å². The molecule has 0 spiro atoms. The highest BCUT2D eigenvalue weighted by Crippen LogP contribution is 2.21. The summed E-state index contributed by atoms with van der Waals surface area (Å²) in [6.45, 7) is 5.10. The third kappa shape index (κ3) is 4.39. The molecule has 0 aliphatic carbocycles. The van der Waals surface area contributed by atoms with Crippen molar-refractivity contribution >= 4 is 11.6 Å². The van der Waals surface area contributed by atoms with Crippen molar-refractivity contribution in [1.82, 2.24) is 15.0 Å². The molecule has 0 bridgehead atoms. The van der Waals surface area contributed by atoms with Gasteiger partial charge in [0.1, 0.15) is 12.2 Å². The molecule has 1 fully saturated rings. The van der Waals surface area contributed by atoms with E-state index in [-0.39, 0.29) is 12.3 Å². The van der Waals surface area contributed by atoms with Gasteiger partial charge in [0.2, 0.25) is 17.6 Å². The Morgan fingerprint density at radius 3 is 2.55 bits per heavy atom. The molecule has 4 rings (SSSR count). The van der Waals surface area contributed by atoms with E-state index in [1.807, 2.05) is 29.2 Å². The minimum atomic E-state index is 0.0128. The highest BCUT2D eigenvalue weighted by atomic mass is 16.5. The Morgan fingerprint density at radius 1 is 1.10 bits per heavy atom. The van der Waals surface area contributed by atoms with Gasteiger partial charge in [-0.1, -0.05) is 17.3 Å². The maximum atomic E-state index is 12.7. The number of rotatable bonds is 5.